The molecule has 4 heteroatoms. The number of furan rings is 1. The number of rotatable bonds is 3. The molecular weight excluding hydrogens is 202 g/mol. The Hall–Kier alpha value is -0.840. The quantitative estimate of drug-likeness (QED) is 0.818. The Morgan fingerprint density at radius 3 is 2.94 bits per heavy atom. The highest BCUT2D eigenvalue weighted by Gasteiger charge is 2.24. The second-order valence-electron chi connectivity index (χ2n) is 4.65. The molecule has 1 aliphatic rings. The number of nitrogens with zero attached hydrogens (tertiary/aromatic N) is 2. The molecule has 2 rings (SSSR count). The lowest BCUT2D eigenvalue weighted by molar-refractivity contribution is 0.0818. The van der Waals surface area contributed by atoms with E-state index in [1.54, 1.807) is 6.26 Å². The van der Waals surface area contributed by atoms with E-state index in [4.69, 9.17) is 10.2 Å². The van der Waals surface area contributed by atoms with Gasteiger partial charge in [-0.1, -0.05) is 0 Å². The summed E-state index contributed by atoms with van der Waals surface area (Å²) in [7, 11) is 2.15. The maximum absolute atomic E-state index is 5.82. The third kappa shape index (κ3) is 2.45. The summed E-state index contributed by atoms with van der Waals surface area (Å²) in [5.41, 5.74) is 7.06. The lowest BCUT2D eigenvalue weighted by Crippen LogP contribution is -2.54. The average molecular weight is 223 g/mol. The van der Waals surface area contributed by atoms with Crippen LogP contribution in [0.1, 0.15) is 11.3 Å². The molecule has 0 bridgehead atoms. The highest BCUT2D eigenvalue weighted by molar-refractivity contribution is 5.14. The molecule has 90 valence electrons. The molecule has 1 unspecified atom stereocenters. The molecule has 0 amide bonds. The third-order valence-corrected chi connectivity index (χ3v) is 3.39. The number of likely N-dealkylation sites (N-methyl/N-ethyl adjacent to an activating group) is 1. The fraction of sp³-hybridized carbons (Fsp3) is 0.667. The largest absolute Gasteiger partial charge is 0.468 e. The Balaban J connectivity index is 2.01. The lowest BCUT2D eigenvalue weighted by atomic mass is 10.1. The van der Waals surface area contributed by atoms with Crippen molar-refractivity contribution in [1.82, 2.24) is 9.80 Å². The van der Waals surface area contributed by atoms with Gasteiger partial charge in [-0.25, -0.2) is 0 Å². The minimum Gasteiger partial charge on any atom is -0.468 e. The van der Waals surface area contributed by atoms with Gasteiger partial charge in [-0.05, 0) is 25.6 Å². The first kappa shape index (κ1) is 11.6. The summed E-state index contributed by atoms with van der Waals surface area (Å²) in [6.45, 7) is 6.91. The fourth-order valence-electron chi connectivity index (χ4n) is 2.23. The maximum Gasteiger partial charge on any atom is 0.120 e. The van der Waals surface area contributed by atoms with Crippen molar-refractivity contribution in [3.63, 3.8) is 0 Å². The first-order valence-electron chi connectivity index (χ1n) is 5.86. The zero-order valence-corrected chi connectivity index (χ0v) is 10.1. The minimum atomic E-state index is 0.447. The predicted octanol–water partition coefficient (Wildman–Crippen LogP) is 0.663. The van der Waals surface area contributed by atoms with Crippen LogP contribution in [0.3, 0.4) is 0 Å². The van der Waals surface area contributed by atoms with Crippen molar-refractivity contribution in [1.29, 1.82) is 0 Å². The molecule has 1 aromatic rings. The van der Waals surface area contributed by atoms with Crippen LogP contribution >= 0.6 is 0 Å². The van der Waals surface area contributed by atoms with E-state index in [-0.39, 0.29) is 0 Å². The minimum absolute atomic E-state index is 0.447. The van der Waals surface area contributed by atoms with Crippen LogP contribution in [0.15, 0.2) is 16.7 Å². The average Bonchev–Trinajstić information content (AvgIpc) is 2.67. The Morgan fingerprint density at radius 1 is 1.50 bits per heavy atom. The van der Waals surface area contributed by atoms with Gasteiger partial charge in [-0.15, -0.1) is 0 Å². The molecule has 1 fully saturated rings. The zero-order valence-electron chi connectivity index (χ0n) is 10.1. The number of hydrogen-bond acceptors (Lipinski definition) is 4. The first-order valence-corrected chi connectivity index (χ1v) is 5.86. The van der Waals surface area contributed by atoms with E-state index in [9.17, 15) is 0 Å². The van der Waals surface area contributed by atoms with Gasteiger partial charge in [-0.2, -0.15) is 0 Å². The summed E-state index contributed by atoms with van der Waals surface area (Å²) in [5.74, 6) is 1.07. The van der Waals surface area contributed by atoms with E-state index in [1.807, 2.05) is 6.07 Å². The predicted molar refractivity (Wildman–Crippen MR) is 64.2 cm³/mol. The highest BCUT2D eigenvalue weighted by atomic mass is 16.3. The summed E-state index contributed by atoms with van der Waals surface area (Å²) in [5, 5.41) is 0. The topological polar surface area (TPSA) is 45.6 Å². The van der Waals surface area contributed by atoms with Crippen molar-refractivity contribution in [3.8, 4) is 0 Å². The Labute approximate surface area is 97.0 Å². The number of nitrogens with two attached hydrogens (primary N) is 1. The first-order chi connectivity index (χ1) is 7.70. The van der Waals surface area contributed by atoms with Gasteiger partial charge < -0.3 is 15.1 Å². The summed E-state index contributed by atoms with van der Waals surface area (Å²) < 4.78 is 5.49. The van der Waals surface area contributed by atoms with E-state index in [0.29, 0.717) is 12.6 Å². The Bertz CT molecular complexity index is 337. The lowest BCUT2D eigenvalue weighted by Gasteiger charge is -2.39. The molecule has 0 spiro atoms. The third-order valence-electron chi connectivity index (χ3n) is 3.39. The monoisotopic (exact) mass is 223 g/mol. The van der Waals surface area contributed by atoms with Crippen molar-refractivity contribution in [2.45, 2.75) is 19.5 Å². The van der Waals surface area contributed by atoms with Crippen LogP contribution in [0, 0.1) is 6.92 Å². The maximum atomic E-state index is 5.82. The molecule has 16 heavy (non-hydrogen) atoms. The van der Waals surface area contributed by atoms with Crippen LogP contribution in [0.2, 0.25) is 0 Å². The molecule has 0 saturated carbocycles. The Morgan fingerprint density at radius 2 is 2.31 bits per heavy atom. The van der Waals surface area contributed by atoms with Crippen LogP contribution in [-0.2, 0) is 6.54 Å². The summed E-state index contributed by atoms with van der Waals surface area (Å²) in [4.78, 5) is 4.76. The van der Waals surface area contributed by atoms with E-state index < -0.39 is 0 Å². The van der Waals surface area contributed by atoms with Gasteiger partial charge in [0.05, 0.1) is 12.8 Å². The second-order valence-corrected chi connectivity index (χ2v) is 4.65. The van der Waals surface area contributed by atoms with Gasteiger partial charge in [0.15, 0.2) is 0 Å². The molecule has 2 heterocycles. The van der Waals surface area contributed by atoms with Crippen molar-refractivity contribution in [2.24, 2.45) is 5.73 Å². The van der Waals surface area contributed by atoms with Crippen molar-refractivity contribution in [2.75, 3.05) is 33.2 Å². The highest BCUT2D eigenvalue weighted by Crippen LogP contribution is 2.16. The van der Waals surface area contributed by atoms with Crippen molar-refractivity contribution < 1.29 is 4.42 Å². The number of piperazine rings is 1. The standard InChI is InChI=1S/C12H21N3O/c1-10-3-6-16-12(10)9-15-5-4-14(2)8-11(15)7-13/h3,6,11H,4-5,7-9,13H2,1-2H3. The van der Waals surface area contributed by atoms with Crippen molar-refractivity contribution in [3.05, 3.63) is 23.7 Å². The molecular formula is C12H21N3O. The molecule has 4 nitrogen and oxygen atoms in total. The summed E-state index contributed by atoms with van der Waals surface area (Å²) in [6.07, 6.45) is 1.76. The summed E-state index contributed by atoms with van der Waals surface area (Å²) >= 11 is 0. The van der Waals surface area contributed by atoms with Crippen LogP contribution in [0.5, 0.6) is 0 Å². The smallest absolute Gasteiger partial charge is 0.120 e. The molecule has 1 saturated heterocycles. The zero-order chi connectivity index (χ0) is 11.5. The summed E-state index contributed by atoms with van der Waals surface area (Å²) in [6, 6.07) is 2.46. The van der Waals surface area contributed by atoms with Gasteiger partial charge in [0.25, 0.3) is 0 Å². The van der Waals surface area contributed by atoms with Crippen LogP contribution in [0.4, 0.5) is 0 Å². The Kier molecular flexibility index (Phi) is 3.63. The van der Waals surface area contributed by atoms with Gasteiger partial charge in [0, 0.05) is 32.2 Å². The van der Waals surface area contributed by atoms with E-state index >= 15 is 0 Å². The van der Waals surface area contributed by atoms with Gasteiger partial charge in [0.2, 0.25) is 0 Å². The molecule has 2 N–H and O–H groups in total. The normalized spacial score (nSPS) is 23.8. The van der Waals surface area contributed by atoms with E-state index in [2.05, 4.69) is 23.8 Å². The van der Waals surface area contributed by atoms with Crippen LogP contribution in [0.25, 0.3) is 0 Å². The van der Waals surface area contributed by atoms with E-state index in [0.717, 1.165) is 31.9 Å². The van der Waals surface area contributed by atoms with Gasteiger partial charge in [-0.3, -0.25) is 4.90 Å². The number of hydrogen-bond donors (Lipinski definition) is 1. The molecule has 1 aromatic heterocycles. The van der Waals surface area contributed by atoms with Crippen molar-refractivity contribution >= 4 is 0 Å². The fourth-order valence-corrected chi connectivity index (χ4v) is 2.23. The molecule has 0 radical (unpaired) electrons. The van der Waals surface area contributed by atoms with Crippen LogP contribution in [-0.4, -0.2) is 49.1 Å². The second kappa shape index (κ2) is 4.99. The van der Waals surface area contributed by atoms with E-state index in [1.165, 1.54) is 5.56 Å². The van der Waals surface area contributed by atoms with Gasteiger partial charge in [0.1, 0.15) is 5.76 Å². The molecule has 1 aliphatic heterocycles. The number of aryl methyl sites for hydroxylation is 1. The molecule has 0 aromatic carbocycles. The molecule has 0 aliphatic carbocycles. The van der Waals surface area contributed by atoms with Gasteiger partial charge >= 0.3 is 0 Å². The van der Waals surface area contributed by atoms with Crippen LogP contribution < -0.4 is 5.73 Å². The molecule has 1 atom stereocenters. The SMILES string of the molecule is Cc1ccoc1CN1CCN(C)CC1CN.